The van der Waals surface area contributed by atoms with Crippen LogP contribution in [0.25, 0.3) is 0 Å². The van der Waals surface area contributed by atoms with Gasteiger partial charge in [0, 0.05) is 12.5 Å². The second-order valence-corrected chi connectivity index (χ2v) is 4.41. The number of carboxylic acids is 1. The molecule has 0 atom stereocenters. The Kier molecular flexibility index (Phi) is 6.50. The quantitative estimate of drug-likeness (QED) is 0.794. The number of ether oxygens (including phenoxy) is 2. The van der Waals surface area contributed by atoms with E-state index in [9.17, 15) is 4.79 Å². The molecule has 0 amide bonds. The number of hydrogen-bond donors (Lipinski definition) is 1. The van der Waals surface area contributed by atoms with Crippen LogP contribution in [-0.2, 0) is 11.2 Å². The Labute approximate surface area is 118 Å². The van der Waals surface area contributed by atoms with Crippen molar-refractivity contribution in [3.05, 3.63) is 22.7 Å². The highest BCUT2D eigenvalue weighted by atomic mass is 35.5. The number of aryl methyl sites for hydroxylation is 1. The van der Waals surface area contributed by atoms with Crippen LogP contribution in [-0.4, -0.2) is 24.3 Å². The molecule has 106 valence electrons. The maximum atomic E-state index is 10.5. The number of benzene rings is 1. The van der Waals surface area contributed by atoms with Crippen molar-refractivity contribution < 1.29 is 19.4 Å². The molecule has 0 saturated heterocycles. The number of halogens is 1. The molecule has 0 aromatic heterocycles. The molecular formula is C14H19ClO4. The third-order valence-corrected chi connectivity index (χ3v) is 2.85. The SMILES string of the molecule is CCOc1cc(OCC)c(CCCC(=O)O)cc1Cl. The van der Waals surface area contributed by atoms with E-state index in [0.717, 1.165) is 5.56 Å². The van der Waals surface area contributed by atoms with Crippen LogP contribution in [0.2, 0.25) is 5.02 Å². The number of carbonyl (C=O) groups is 1. The van der Waals surface area contributed by atoms with Crippen LogP contribution in [0, 0.1) is 0 Å². The van der Waals surface area contributed by atoms with Crippen molar-refractivity contribution in [3.63, 3.8) is 0 Å². The minimum Gasteiger partial charge on any atom is -0.493 e. The van der Waals surface area contributed by atoms with E-state index in [4.69, 9.17) is 26.2 Å². The number of aliphatic carboxylic acids is 1. The van der Waals surface area contributed by atoms with Gasteiger partial charge in [0.25, 0.3) is 0 Å². The smallest absolute Gasteiger partial charge is 0.303 e. The van der Waals surface area contributed by atoms with Crippen LogP contribution in [0.1, 0.15) is 32.3 Å². The molecule has 1 N–H and O–H groups in total. The molecule has 0 aliphatic rings. The van der Waals surface area contributed by atoms with Gasteiger partial charge in [-0.25, -0.2) is 0 Å². The lowest BCUT2D eigenvalue weighted by Gasteiger charge is -2.14. The summed E-state index contributed by atoms with van der Waals surface area (Å²) in [6, 6.07) is 3.56. The fourth-order valence-corrected chi connectivity index (χ4v) is 2.00. The summed E-state index contributed by atoms with van der Waals surface area (Å²) in [7, 11) is 0. The van der Waals surface area contributed by atoms with E-state index in [2.05, 4.69) is 0 Å². The number of carboxylic acid groups (broad SMARTS) is 1. The van der Waals surface area contributed by atoms with E-state index in [1.807, 2.05) is 13.8 Å². The van der Waals surface area contributed by atoms with Gasteiger partial charge in [0.1, 0.15) is 11.5 Å². The van der Waals surface area contributed by atoms with Gasteiger partial charge in [-0.1, -0.05) is 11.6 Å². The van der Waals surface area contributed by atoms with Gasteiger partial charge in [0.05, 0.1) is 18.2 Å². The summed E-state index contributed by atoms with van der Waals surface area (Å²) in [6.45, 7) is 4.86. The van der Waals surface area contributed by atoms with Crippen molar-refractivity contribution in [2.75, 3.05) is 13.2 Å². The predicted octanol–water partition coefficient (Wildman–Crippen LogP) is 3.54. The summed E-state index contributed by atoms with van der Waals surface area (Å²) in [6.07, 6.45) is 1.31. The van der Waals surface area contributed by atoms with Gasteiger partial charge >= 0.3 is 5.97 Å². The largest absolute Gasteiger partial charge is 0.493 e. The average molecular weight is 287 g/mol. The van der Waals surface area contributed by atoms with Crippen LogP contribution in [0.15, 0.2) is 12.1 Å². The molecule has 1 aromatic rings. The molecule has 0 aliphatic heterocycles. The number of hydrogen-bond acceptors (Lipinski definition) is 3. The lowest BCUT2D eigenvalue weighted by Crippen LogP contribution is -2.01. The van der Waals surface area contributed by atoms with Crippen LogP contribution in [0.4, 0.5) is 0 Å². The van der Waals surface area contributed by atoms with Gasteiger partial charge in [0.15, 0.2) is 0 Å². The van der Waals surface area contributed by atoms with E-state index in [1.54, 1.807) is 12.1 Å². The van der Waals surface area contributed by atoms with Gasteiger partial charge in [-0.15, -0.1) is 0 Å². The molecule has 0 fully saturated rings. The molecule has 1 rings (SSSR count). The number of rotatable bonds is 8. The van der Waals surface area contributed by atoms with Crippen LogP contribution in [0.3, 0.4) is 0 Å². The zero-order valence-electron chi connectivity index (χ0n) is 11.2. The molecule has 0 unspecified atom stereocenters. The first kappa shape index (κ1) is 15.6. The van der Waals surface area contributed by atoms with Gasteiger partial charge in [0.2, 0.25) is 0 Å². The second-order valence-electron chi connectivity index (χ2n) is 4.00. The molecule has 5 heteroatoms. The zero-order valence-corrected chi connectivity index (χ0v) is 12.0. The van der Waals surface area contributed by atoms with E-state index in [1.165, 1.54) is 0 Å². The molecule has 0 bridgehead atoms. The van der Waals surface area contributed by atoms with Crippen molar-refractivity contribution in [1.82, 2.24) is 0 Å². The van der Waals surface area contributed by atoms with Crippen molar-refractivity contribution in [2.24, 2.45) is 0 Å². The summed E-state index contributed by atoms with van der Waals surface area (Å²) in [5.74, 6) is 0.505. The van der Waals surface area contributed by atoms with Crippen LogP contribution in [0.5, 0.6) is 11.5 Å². The summed E-state index contributed by atoms with van der Waals surface area (Å²) in [5, 5.41) is 9.18. The maximum Gasteiger partial charge on any atom is 0.303 e. The van der Waals surface area contributed by atoms with Crippen molar-refractivity contribution in [2.45, 2.75) is 33.1 Å². The summed E-state index contributed by atoms with van der Waals surface area (Å²) < 4.78 is 11.0. The van der Waals surface area contributed by atoms with Crippen molar-refractivity contribution >= 4 is 17.6 Å². The normalized spacial score (nSPS) is 10.3. The second kappa shape index (κ2) is 7.89. The third-order valence-electron chi connectivity index (χ3n) is 2.55. The van der Waals surface area contributed by atoms with Crippen molar-refractivity contribution in [1.29, 1.82) is 0 Å². The zero-order chi connectivity index (χ0) is 14.3. The standard InChI is InChI=1S/C14H19ClO4/c1-3-18-12-9-13(19-4-2)11(15)8-10(12)6-5-7-14(16)17/h8-9H,3-7H2,1-2H3,(H,16,17). The van der Waals surface area contributed by atoms with Gasteiger partial charge in [-0.05, 0) is 38.3 Å². The highest BCUT2D eigenvalue weighted by molar-refractivity contribution is 6.32. The molecule has 1 aromatic carbocycles. The Morgan fingerprint density at radius 2 is 1.84 bits per heavy atom. The topological polar surface area (TPSA) is 55.8 Å². The minimum atomic E-state index is -0.796. The van der Waals surface area contributed by atoms with E-state index in [0.29, 0.717) is 42.6 Å². The highest BCUT2D eigenvalue weighted by Gasteiger charge is 2.11. The Morgan fingerprint density at radius 3 is 2.42 bits per heavy atom. The molecule has 0 aliphatic carbocycles. The van der Waals surface area contributed by atoms with Crippen molar-refractivity contribution in [3.8, 4) is 11.5 Å². The molecule has 19 heavy (non-hydrogen) atoms. The summed E-state index contributed by atoms with van der Waals surface area (Å²) in [5.41, 5.74) is 0.913. The monoisotopic (exact) mass is 286 g/mol. The Morgan fingerprint density at radius 1 is 1.21 bits per heavy atom. The summed E-state index contributed by atoms with van der Waals surface area (Å²) >= 11 is 6.12. The summed E-state index contributed by atoms with van der Waals surface area (Å²) in [4.78, 5) is 10.5. The van der Waals surface area contributed by atoms with Gasteiger partial charge in [-0.2, -0.15) is 0 Å². The van der Waals surface area contributed by atoms with E-state index < -0.39 is 5.97 Å². The maximum absolute atomic E-state index is 10.5. The minimum absolute atomic E-state index is 0.135. The average Bonchev–Trinajstić information content (AvgIpc) is 2.34. The first-order chi connectivity index (χ1) is 9.08. The predicted molar refractivity (Wildman–Crippen MR) is 74.4 cm³/mol. The Bertz CT molecular complexity index is 432. The Hall–Kier alpha value is -1.42. The molecule has 0 radical (unpaired) electrons. The lowest BCUT2D eigenvalue weighted by atomic mass is 10.1. The van der Waals surface area contributed by atoms with Crippen LogP contribution < -0.4 is 9.47 Å². The highest BCUT2D eigenvalue weighted by Crippen LogP contribution is 2.33. The Balaban J connectivity index is 2.87. The third kappa shape index (κ3) is 4.99. The van der Waals surface area contributed by atoms with Gasteiger partial charge < -0.3 is 14.6 Å². The van der Waals surface area contributed by atoms with Gasteiger partial charge in [-0.3, -0.25) is 4.79 Å². The first-order valence-electron chi connectivity index (χ1n) is 6.38. The first-order valence-corrected chi connectivity index (χ1v) is 6.76. The fourth-order valence-electron chi connectivity index (χ4n) is 1.76. The molecule has 0 heterocycles. The molecule has 0 spiro atoms. The van der Waals surface area contributed by atoms with Crippen LogP contribution >= 0.6 is 11.6 Å². The molecule has 4 nitrogen and oxygen atoms in total. The fraction of sp³-hybridized carbons (Fsp3) is 0.500. The van der Waals surface area contributed by atoms with E-state index in [-0.39, 0.29) is 6.42 Å². The molecular weight excluding hydrogens is 268 g/mol. The molecule has 0 saturated carbocycles. The van der Waals surface area contributed by atoms with E-state index >= 15 is 0 Å². The lowest BCUT2D eigenvalue weighted by molar-refractivity contribution is -0.137.